The molecular weight excluding hydrogens is 508 g/mol. The Hall–Kier alpha value is -5.38. The van der Waals surface area contributed by atoms with Gasteiger partial charge in [-0.15, -0.1) is 0 Å². The van der Waals surface area contributed by atoms with E-state index in [0.29, 0.717) is 6.54 Å². The average Bonchev–Trinajstić information content (AvgIpc) is 2.98. The predicted octanol–water partition coefficient (Wildman–Crippen LogP) is 2.67. The molecule has 4 aromatic rings. The number of rotatable bonds is 10. The van der Waals surface area contributed by atoms with Gasteiger partial charge in [-0.25, -0.2) is 9.97 Å². The van der Waals surface area contributed by atoms with Crippen LogP contribution in [-0.4, -0.2) is 33.6 Å². The number of benzene rings is 2. The minimum Gasteiger partial charge on any atom is -0.364 e. The number of carbonyl (C=O) groups is 4. The van der Waals surface area contributed by atoms with E-state index in [1.165, 1.54) is 18.2 Å². The van der Waals surface area contributed by atoms with Crippen LogP contribution in [0.1, 0.15) is 64.2 Å². The highest BCUT2D eigenvalue weighted by atomic mass is 16.2. The van der Waals surface area contributed by atoms with E-state index < -0.39 is 17.7 Å². The molecule has 202 valence electrons. The Morgan fingerprint density at radius 3 is 1.25 bits per heavy atom. The van der Waals surface area contributed by atoms with E-state index in [0.717, 1.165) is 22.3 Å². The van der Waals surface area contributed by atoms with E-state index >= 15 is 0 Å². The normalized spacial score (nSPS) is 10.4. The van der Waals surface area contributed by atoms with Crippen molar-refractivity contribution in [1.82, 2.24) is 25.9 Å². The maximum Gasteiger partial charge on any atom is 0.270 e. The maximum atomic E-state index is 12.7. The first-order chi connectivity index (χ1) is 19.3. The van der Waals surface area contributed by atoms with Crippen molar-refractivity contribution in [3.8, 4) is 0 Å². The fourth-order valence-electron chi connectivity index (χ4n) is 3.69. The van der Waals surface area contributed by atoms with Gasteiger partial charge in [0, 0.05) is 19.6 Å². The quantitative estimate of drug-likeness (QED) is 0.244. The molecule has 0 unspecified atom stereocenters. The Morgan fingerprint density at radius 2 is 0.875 bits per heavy atom. The van der Waals surface area contributed by atoms with Gasteiger partial charge in [0.05, 0.1) is 0 Å². The Labute approximate surface area is 231 Å². The zero-order valence-corrected chi connectivity index (χ0v) is 21.8. The number of carbonyl (C=O) groups excluding carboxylic acids is 4. The van der Waals surface area contributed by atoms with Crippen molar-refractivity contribution in [2.45, 2.75) is 26.6 Å². The second kappa shape index (κ2) is 12.9. The monoisotopic (exact) mass is 536 g/mol. The molecule has 0 bridgehead atoms. The van der Waals surface area contributed by atoms with E-state index in [1.54, 1.807) is 18.2 Å². The summed E-state index contributed by atoms with van der Waals surface area (Å²) in [5, 5.41) is 8.36. The molecule has 0 aliphatic carbocycles. The van der Waals surface area contributed by atoms with E-state index in [4.69, 9.17) is 5.73 Å². The van der Waals surface area contributed by atoms with Crippen LogP contribution in [0.25, 0.3) is 0 Å². The van der Waals surface area contributed by atoms with Gasteiger partial charge in [-0.3, -0.25) is 19.2 Å². The zero-order chi connectivity index (χ0) is 28.5. The molecule has 0 aliphatic heterocycles. The molecular formula is C30H28N6O4. The van der Waals surface area contributed by atoms with Crippen LogP contribution in [0.2, 0.25) is 0 Å². The van der Waals surface area contributed by atoms with Gasteiger partial charge in [0.25, 0.3) is 23.6 Å². The Kier molecular flexibility index (Phi) is 8.93. The summed E-state index contributed by atoms with van der Waals surface area (Å²) < 4.78 is 0. The number of pyridine rings is 2. The van der Waals surface area contributed by atoms with Gasteiger partial charge in [-0.1, -0.05) is 66.2 Å². The molecule has 0 fully saturated rings. The highest BCUT2D eigenvalue weighted by molar-refractivity contribution is 5.96. The van der Waals surface area contributed by atoms with Crippen molar-refractivity contribution in [3.05, 3.63) is 130 Å². The van der Waals surface area contributed by atoms with Crippen molar-refractivity contribution in [2.75, 3.05) is 0 Å². The fraction of sp³-hybridized carbons (Fsp3) is 0.133. The lowest BCUT2D eigenvalue weighted by atomic mass is 10.1. The summed E-state index contributed by atoms with van der Waals surface area (Å²) in [6, 6.07) is 24.3. The van der Waals surface area contributed by atoms with E-state index in [2.05, 4.69) is 25.9 Å². The van der Waals surface area contributed by atoms with Gasteiger partial charge in [0.1, 0.15) is 22.8 Å². The number of aromatic nitrogens is 2. The minimum atomic E-state index is -0.708. The molecule has 5 N–H and O–H groups in total. The summed E-state index contributed by atoms with van der Waals surface area (Å²) in [5.41, 5.74) is 9.39. The number of primary amides is 1. The number of aryl methyl sites for hydroxylation is 1. The molecule has 2 aromatic heterocycles. The summed E-state index contributed by atoms with van der Waals surface area (Å²) in [6.07, 6.45) is 0. The Morgan fingerprint density at radius 1 is 0.550 bits per heavy atom. The first kappa shape index (κ1) is 27.6. The topological polar surface area (TPSA) is 156 Å². The molecule has 0 atom stereocenters. The zero-order valence-electron chi connectivity index (χ0n) is 21.8. The van der Waals surface area contributed by atoms with Crippen LogP contribution in [0.15, 0.2) is 84.9 Å². The van der Waals surface area contributed by atoms with Crippen LogP contribution in [0.3, 0.4) is 0 Å². The number of nitrogens with zero attached hydrogens (tertiary/aromatic N) is 2. The molecule has 0 aliphatic rings. The minimum absolute atomic E-state index is 0.0161. The Bertz CT molecular complexity index is 1530. The van der Waals surface area contributed by atoms with Crippen LogP contribution in [0, 0.1) is 6.92 Å². The van der Waals surface area contributed by atoms with Gasteiger partial charge < -0.3 is 21.7 Å². The molecule has 40 heavy (non-hydrogen) atoms. The lowest BCUT2D eigenvalue weighted by molar-refractivity contribution is 0.0930. The van der Waals surface area contributed by atoms with Crippen molar-refractivity contribution >= 4 is 23.6 Å². The summed E-state index contributed by atoms with van der Waals surface area (Å²) in [5.74, 6) is -1.91. The van der Waals surface area contributed by atoms with E-state index in [1.807, 2.05) is 55.5 Å². The third-order valence-electron chi connectivity index (χ3n) is 5.95. The molecule has 0 spiro atoms. The van der Waals surface area contributed by atoms with Crippen LogP contribution in [0.4, 0.5) is 0 Å². The van der Waals surface area contributed by atoms with Gasteiger partial charge >= 0.3 is 0 Å². The number of nitrogens with one attached hydrogen (secondary N) is 3. The number of hydrogen-bond donors (Lipinski definition) is 4. The second-order valence-electron chi connectivity index (χ2n) is 9.03. The molecule has 2 aromatic carbocycles. The summed E-state index contributed by atoms with van der Waals surface area (Å²) in [7, 11) is 0. The maximum absolute atomic E-state index is 12.7. The molecule has 0 saturated carbocycles. The van der Waals surface area contributed by atoms with Crippen LogP contribution >= 0.6 is 0 Å². The van der Waals surface area contributed by atoms with Crippen molar-refractivity contribution in [1.29, 1.82) is 0 Å². The predicted molar refractivity (Wildman–Crippen MR) is 148 cm³/mol. The van der Waals surface area contributed by atoms with Crippen molar-refractivity contribution in [2.24, 2.45) is 5.73 Å². The molecule has 0 saturated heterocycles. The highest BCUT2D eigenvalue weighted by Crippen LogP contribution is 2.07. The largest absolute Gasteiger partial charge is 0.364 e. The fourth-order valence-corrected chi connectivity index (χ4v) is 3.69. The molecule has 0 radical (unpaired) electrons. The number of hydrogen-bond acceptors (Lipinski definition) is 6. The number of nitrogens with two attached hydrogens (primary N) is 1. The smallest absolute Gasteiger partial charge is 0.270 e. The lowest BCUT2D eigenvalue weighted by Crippen LogP contribution is -2.27. The van der Waals surface area contributed by atoms with Gasteiger partial charge in [0.2, 0.25) is 0 Å². The van der Waals surface area contributed by atoms with E-state index in [9.17, 15) is 19.2 Å². The highest BCUT2D eigenvalue weighted by Gasteiger charge is 2.13. The lowest BCUT2D eigenvalue weighted by Gasteiger charge is -2.09. The summed E-state index contributed by atoms with van der Waals surface area (Å²) in [4.78, 5) is 57.0. The molecule has 4 amide bonds. The van der Waals surface area contributed by atoms with Gasteiger partial charge in [-0.2, -0.15) is 0 Å². The molecule has 10 heteroatoms. The van der Waals surface area contributed by atoms with Gasteiger partial charge in [0.15, 0.2) is 0 Å². The third-order valence-corrected chi connectivity index (χ3v) is 5.95. The summed E-state index contributed by atoms with van der Waals surface area (Å²) >= 11 is 0. The third kappa shape index (κ3) is 7.57. The van der Waals surface area contributed by atoms with Crippen LogP contribution in [0.5, 0.6) is 0 Å². The van der Waals surface area contributed by atoms with Crippen LogP contribution in [-0.2, 0) is 19.6 Å². The Balaban J connectivity index is 1.26. The summed E-state index contributed by atoms with van der Waals surface area (Å²) in [6.45, 7) is 2.85. The van der Waals surface area contributed by atoms with Gasteiger partial charge in [-0.05, 0) is 47.9 Å². The SMILES string of the molecule is Cc1ccc(CNC(=O)c2cccc(C(=O)NCc3ccc(CNC(=O)c4cccc(C(N)=O)n4)cc3)n2)cc1. The molecule has 10 nitrogen and oxygen atoms in total. The van der Waals surface area contributed by atoms with E-state index in [-0.39, 0.29) is 41.8 Å². The average molecular weight is 537 g/mol. The molecule has 2 heterocycles. The first-order valence-electron chi connectivity index (χ1n) is 12.5. The standard InChI is InChI=1S/C30H28N6O4/c1-19-8-10-20(11-9-19)16-32-29(39)25-6-3-7-26(36-25)30(40)34-18-22-14-12-21(13-15-22)17-33-28(38)24-5-2-4-23(35-24)27(31)37/h2-15H,16-18H2,1H3,(H2,31,37)(H,32,39)(H,33,38)(H,34,40). The van der Waals surface area contributed by atoms with Crippen LogP contribution < -0.4 is 21.7 Å². The van der Waals surface area contributed by atoms with Crippen molar-refractivity contribution < 1.29 is 19.2 Å². The number of amides is 4. The first-order valence-corrected chi connectivity index (χ1v) is 12.5. The second-order valence-corrected chi connectivity index (χ2v) is 9.03. The molecule has 4 rings (SSSR count). The van der Waals surface area contributed by atoms with Crippen molar-refractivity contribution in [3.63, 3.8) is 0 Å².